The van der Waals surface area contributed by atoms with Gasteiger partial charge in [-0.2, -0.15) is 0 Å². The summed E-state index contributed by atoms with van der Waals surface area (Å²) in [7, 11) is 0. The summed E-state index contributed by atoms with van der Waals surface area (Å²) in [5.74, 6) is 0.0940. The first-order valence-electron chi connectivity index (χ1n) is 10.6. The predicted molar refractivity (Wildman–Crippen MR) is 147 cm³/mol. The van der Waals surface area contributed by atoms with Crippen LogP contribution in [0.1, 0.15) is 16.7 Å². The number of thioether (sulfide) groups is 1. The molecule has 0 atom stereocenters. The normalized spacial score (nSPS) is 17.6. The second kappa shape index (κ2) is 11.4. The van der Waals surface area contributed by atoms with Crippen LogP contribution in [0.5, 0.6) is 5.75 Å². The van der Waals surface area contributed by atoms with Gasteiger partial charge in [-0.15, -0.1) is 0 Å². The molecule has 2 aromatic rings. The molecule has 2 aromatic carbocycles. The number of aryl methyl sites for hydroxylation is 1. The van der Waals surface area contributed by atoms with E-state index in [1.54, 1.807) is 11.0 Å². The van der Waals surface area contributed by atoms with Crippen molar-refractivity contribution in [2.45, 2.75) is 13.5 Å². The molecular formula is C24H22I2N2O5S. The standard InChI is InChI=1S/C24H22I2N2O5S/c1-15-3-2-4-16(9-15)14-33-22-18(25)10-17(11-19(22)26)12-20-23(30)28(24(31)34-20)13-21(29)27-5-7-32-8-6-27/h2-4,9-12H,5-8,13-14H2,1H3/b20-12-. The third kappa shape index (κ3) is 6.13. The highest BCUT2D eigenvalue weighted by molar-refractivity contribution is 14.1. The van der Waals surface area contributed by atoms with Crippen LogP contribution in [0.3, 0.4) is 0 Å². The van der Waals surface area contributed by atoms with Crippen molar-refractivity contribution in [3.8, 4) is 5.75 Å². The van der Waals surface area contributed by atoms with Gasteiger partial charge in [0.1, 0.15) is 18.9 Å². The molecule has 2 aliphatic heterocycles. The molecule has 0 aromatic heterocycles. The Morgan fingerprint density at radius 1 is 1.15 bits per heavy atom. The largest absolute Gasteiger partial charge is 0.487 e. The average Bonchev–Trinajstić information content (AvgIpc) is 3.06. The van der Waals surface area contributed by atoms with E-state index in [9.17, 15) is 14.4 Å². The number of amides is 3. The van der Waals surface area contributed by atoms with Crippen molar-refractivity contribution in [3.63, 3.8) is 0 Å². The Hall–Kier alpha value is -1.64. The summed E-state index contributed by atoms with van der Waals surface area (Å²) in [4.78, 5) is 40.7. The maximum absolute atomic E-state index is 12.9. The van der Waals surface area contributed by atoms with Crippen molar-refractivity contribution in [2.24, 2.45) is 0 Å². The lowest BCUT2D eigenvalue weighted by atomic mass is 10.1. The van der Waals surface area contributed by atoms with Gasteiger partial charge in [-0.25, -0.2) is 0 Å². The molecule has 34 heavy (non-hydrogen) atoms. The van der Waals surface area contributed by atoms with Gasteiger partial charge in [0, 0.05) is 13.1 Å². The molecule has 0 spiro atoms. The molecule has 0 radical (unpaired) electrons. The maximum Gasteiger partial charge on any atom is 0.294 e. The third-order valence-corrected chi connectivity index (χ3v) is 7.82. The molecule has 2 saturated heterocycles. The van der Waals surface area contributed by atoms with E-state index in [-0.39, 0.29) is 12.5 Å². The van der Waals surface area contributed by atoms with E-state index in [2.05, 4.69) is 51.2 Å². The summed E-state index contributed by atoms with van der Waals surface area (Å²) >= 11 is 5.28. The fourth-order valence-electron chi connectivity index (χ4n) is 3.59. The van der Waals surface area contributed by atoms with Gasteiger partial charge in [-0.05, 0) is 93.2 Å². The molecule has 2 aliphatic rings. The van der Waals surface area contributed by atoms with Crippen molar-refractivity contribution in [3.05, 3.63) is 65.1 Å². The van der Waals surface area contributed by atoms with E-state index in [1.807, 2.05) is 37.3 Å². The van der Waals surface area contributed by atoms with Crippen LogP contribution in [-0.2, 0) is 20.9 Å². The molecule has 0 aliphatic carbocycles. The first-order chi connectivity index (χ1) is 16.3. The molecule has 0 unspecified atom stereocenters. The Labute approximate surface area is 229 Å². The fourth-order valence-corrected chi connectivity index (χ4v) is 6.56. The van der Waals surface area contributed by atoms with Crippen LogP contribution >= 0.6 is 56.9 Å². The minimum atomic E-state index is -0.443. The number of hydrogen-bond acceptors (Lipinski definition) is 6. The summed E-state index contributed by atoms with van der Waals surface area (Å²) < 4.78 is 13.1. The maximum atomic E-state index is 12.9. The third-order valence-electron chi connectivity index (χ3n) is 5.31. The number of carbonyl (C=O) groups is 3. The van der Waals surface area contributed by atoms with Gasteiger partial charge < -0.3 is 14.4 Å². The summed E-state index contributed by atoms with van der Waals surface area (Å²) in [5, 5.41) is -0.430. The van der Waals surface area contributed by atoms with Crippen molar-refractivity contribution in [1.82, 2.24) is 9.80 Å². The minimum absolute atomic E-state index is 0.244. The van der Waals surface area contributed by atoms with Gasteiger partial charge in [-0.1, -0.05) is 29.8 Å². The molecule has 0 N–H and O–H groups in total. The first-order valence-corrected chi connectivity index (χ1v) is 13.6. The van der Waals surface area contributed by atoms with Crippen molar-refractivity contribution in [2.75, 3.05) is 32.8 Å². The summed E-state index contributed by atoms with van der Waals surface area (Å²) in [6.45, 7) is 4.14. The number of hydrogen-bond donors (Lipinski definition) is 0. The van der Waals surface area contributed by atoms with Gasteiger partial charge in [0.15, 0.2) is 0 Å². The molecule has 0 bridgehead atoms. The molecular weight excluding hydrogens is 682 g/mol. The van der Waals surface area contributed by atoms with Gasteiger partial charge in [0.05, 0.1) is 25.3 Å². The summed E-state index contributed by atoms with van der Waals surface area (Å²) in [5.41, 5.74) is 3.07. The second-order valence-corrected chi connectivity index (χ2v) is 11.2. The lowest BCUT2D eigenvalue weighted by molar-refractivity contribution is -0.139. The SMILES string of the molecule is Cc1cccc(COc2c(I)cc(/C=C3\SC(=O)N(CC(=O)N4CCOCC4)C3=O)cc2I)c1. The molecule has 2 fully saturated rings. The van der Waals surface area contributed by atoms with E-state index in [1.165, 1.54) is 5.56 Å². The van der Waals surface area contributed by atoms with Gasteiger partial charge in [0.2, 0.25) is 5.91 Å². The number of halogens is 2. The molecule has 178 valence electrons. The minimum Gasteiger partial charge on any atom is -0.487 e. The van der Waals surface area contributed by atoms with Crippen LogP contribution in [0.2, 0.25) is 0 Å². The van der Waals surface area contributed by atoms with E-state index < -0.39 is 11.1 Å². The summed E-state index contributed by atoms with van der Waals surface area (Å²) in [6.07, 6.45) is 1.69. The van der Waals surface area contributed by atoms with Crippen LogP contribution in [0.4, 0.5) is 4.79 Å². The highest BCUT2D eigenvalue weighted by Crippen LogP contribution is 2.35. The van der Waals surface area contributed by atoms with Crippen LogP contribution in [0.15, 0.2) is 41.3 Å². The average molecular weight is 704 g/mol. The zero-order valence-electron chi connectivity index (χ0n) is 18.4. The van der Waals surface area contributed by atoms with Gasteiger partial charge >= 0.3 is 0 Å². The Morgan fingerprint density at radius 2 is 1.85 bits per heavy atom. The van der Waals surface area contributed by atoms with Crippen molar-refractivity contribution in [1.29, 1.82) is 0 Å². The lowest BCUT2D eigenvalue weighted by Gasteiger charge is -2.28. The molecule has 2 heterocycles. The molecule has 3 amide bonds. The topological polar surface area (TPSA) is 76.2 Å². The van der Waals surface area contributed by atoms with Crippen molar-refractivity contribution >= 4 is 80.1 Å². The van der Waals surface area contributed by atoms with E-state index in [0.717, 1.165) is 40.7 Å². The zero-order chi connectivity index (χ0) is 24.2. The summed E-state index contributed by atoms with van der Waals surface area (Å²) in [6, 6.07) is 12.0. The Morgan fingerprint density at radius 3 is 2.53 bits per heavy atom. The number of imide groups is 1. The molecule has 10 heteroatoms. The number of rotatable bonds is 6. The lowest BCUT2D eigenvalue weighted by Crippen LogP contribution is -2.46. The fraction of sp³-hybridized carbons (Fsp3) is 0.292. The van der Waals surface area contributed by atoms with E-state index >= 15 is 0 Å². The number of benzene rings is 2. The molecule has 4 rings (SSSR count). The highest BCUT2D eigenvalue weighted by Gasteiger charge is 2.37. The Balaban J connectivity index is 1.45. The van der Waals surface area contributed by atoms with Gasteiger partial charge in [0.25, 0.3) is 11.1 Å². The smallest absolute Gasteiger partial charge is 0.294 e. The number of ether oxygens (including phenoxy) is 2. The van der Waals surface area contributed by atoms with E-state index in [4.69, 9.17) is 9.47 Å². The van der Waals surface area contributed by atoms with Crippen molar-refractivity contribution < 1.29 is 23.9 Å². The number of carbonyl (C=O) groups excluding carboxylic acids is 3. The van der Waals surface area contributed by atoms with Crippen LogP contribution in [0.25, 0.3) is 6.08 Å². The number of nitrogens with zero attached hydrogens (tertiary/aromatic N) is 2. The molecule has 0 saturated carbocycles. The second-order valence-electron chi connectivity index (χ2n) is 7.85. The molecule has 7 nitrogen and oxygen atoms in total. The highest BCUT2D eigenvalue weighted by atomic mass is 127. The quantitative estimate of drug-likeness (QED) is 0.322. The Bertz CT molecular complexity index is 1140. The van der Waals surface area contributed by atoms with Crippen LogP contribution < -0.4 is 4.74 Å². The predicted octanol–water partition coefficient (Wildman–Crippen LogP) is 4.68. The monoisotopic (exact) mass is 704 g/mol. The van der Waals surface area contributed by atoms with Crippen LogP contribution in [0, 0.1) is 14.1 Å². The zero-order valence-corrected chi connectivity index (χ0v) is 23.5. The van der Waals surface area contributed by atoms with E-state index in [0.29, 0.717) is 37.8 Å². The van der Waals surface area contributed by atoms with Gasteiger partial charge in [-0.3, -0.25) is 19.3 Å². The Kier molecular flexibility index (Phi) is 8.53. The first kappa shape index (κ1) is 25.5. The number of morpholine rings is 1. The van der Waals surface area contributed by atoms with Crippen LogP contribution in [-0.4, -0.2) is 59.7 Å².